The van der Waals surface area contributed by atoms with Gasteiger partial charge in [0.15, 0.2) is 0 Å². The van der Waals surface area contributed by atoms with E-state index in [-0.39, 0.29) is 0 Å². The summed E-state index contributed by atoms with van der Waals surface area (Å²) in [5, 5.41) is 14.2. The Balaban J connectivity index is 1.89. The lowest BCUT2D eigenvalue weighted by Gasteiger charge is -2.34. The molecule has 0 saturated heterocycles. The van der Waals surface area contributed by atoms with E-state index in [1.165, 1.54) is 181 Å². The van der Waals surface area contributed by atoms with Gasteiger partial charge in [0.1, 0.15) is 0 Å². The molecule has 0 heterocycles. The molecule has 0 aliphatic rings. The molecule has 0 spiro atoms. The summed E-state index contributed by atoms with van der Waals surface area (Å²) in [6.45, 7) is 32.3. The Labute approximate surface area is 399 Å². The first-order valence-electron chi connectivity index (χ1n) is 27.0. The van der Waals surface area contributed by atoms with Crippen molar-refractivity contribution in [3.8, 4) is 0 Å². The van der Waals surface area contributed by atoms with Crippen LogP contribution in [0.3, 0.4) is 0 Å². The van der Waals surface area contributed by atoms with Gasteiger partial charge in [0, 0.05) is 26.4 Å². The van der Waals surface area contributed by atoms with Crippen LogP contribution >= 0.6 is 0 Å². The normalized spacial score (nSPS) is 13.1. The van der Waals surface area contributed by atoms with Gasteiger partial charge in [-0.2, -0.15) is 0 Å². The van der Waals surface area contributed by atoms with Crippen molar-refractivity contribution in [2.75, 3.05) is 26.4 Å². The van der Waals surface area contributed by atoms with Crippen LogP contribution < -0.4 is 20.7 Å². The Morgan fingerprint density at radius 1 is 0.281 bits per heavy atom. The molecule has 0 N–H and O–H groups in total. The van der Waals surface area contributed by atoms with Crippen LogP contribution in [0.1, 0.15) is 182 Å². The molecule has 0 aromatic heterocycles. The van der Waals surface area contributed by atoms with E-state index < -0.39 is 33.3 Å². The fourth-order valence-electron chi connectivity index (χ4n) is 10.1. The molecule has 64 heavy (non-hydrogen) atoms. The predicted molar refractivity (Wildman–Crippen MR) is 296 cm³/mol. The minimum Gasteiger partial charge on any atom is -0.413 e. The van der Waals surface area contributed by atoms with Gasteiger partial charge in [-0.25, -0.2) is 0 Å². The van der Waals surface area contributed by atoms with Crippen molar-refractivity contribution in [3.05, 3.63) is 36.4 Å². The molecule has 0 bridgehead atoms. The highest BCUT2D eigenvalue weighted by Gasteiger charge is 2.38. The third-order valence-corrected chi connectivity index (χ3v) is 24.9. The Kier molecular flexibility index (Phi) is 23.8. The Hall–Kier alpha value is -1.37. The second kappa shape index (κ2) is 27.6. The highest BCUT2D eigenvalue weighted by atomic mass is 28.4. The summed E-state index contributed by atoms with van der Waals surface area (Å²) in [7, 11) is -9.39. The highest BCUT2D eigenvalue weighted by Crippen LogP contribution is 2.36. The van der Waals surface area contributed by atoms with E-state index in [0.29, 0.717) is 0 Å². The van der Waals surface area contributed by atoms with Crippen molar-refractivity contribution in [2.45, 2.75) is 234 Å². The zero-order valence-electron chi connectivity index (χ0n) is 43.9. The standard InChI is InChI=1S/C56H98O4Si4/c1-13-17-21-25-29-33-41-57-61(5,6)51-45-52(62(7,8)58-42-34-30-26-22-18-14-2)48-39-40-50-54(64(11,12)60-44-36-32-28-24-20-16-4)46-53(49-38-37-47(51)55(48)56(49)50)63(9,10)59-43-35-31-27-23-19-15-3/h37-40,45-46H,13-36,41-44H2,1-12H3. The molecule has 0 amide bonds. The Bertz CT molecular complexity index is 1650. The lowest BCUT2D eigenvalue weighted by atomic mass is 9.94. The van der Waals surface area contributed by atoms with Crippen LogP contribution in [0.4, 0.5) is 0 Å². The summed E-state index contributed by atoms with van der Waals surface area (Å²) >= 11 is 0. The summed E-state index contributed by atoms with van der Waals surface area (Å²) in [4.78, 5) is 0. The maximum absolute atomic E-state index is 7.14. The monoisotopic (exact) mass is 947 g/mol. The first kappa shape index (κ1) is 55.2. The highest BCUT2D eigenvalue weighted by molar-refractivity contribution is 6.92. The first-order chi connectivity index (χ1) is 30.7. The van der Waals surface area contributed by atoms with Crippen molar-refractivity contribution in [1.29, 1.82) is 0 Å². The number of hydrogen-bond acceptors (Lipinski definition) is 4. The van der Waals surface area contributed by atoms with Crippen molar-refractivity contribution in [3.63, 3.8) is 0 Å². The predicted octanol–water partition coefficient (Wildman–Crippen LogP) is 15.7. The molecule has 0 aliphatic heterocycles. The van der Waals surface area contributed by atoms with Gasteiger partial charge in [0.25, 0.3) is 0 Å². The van der Waals surface area contributed by atoms with Gasteiger partial charge < -0.3 is 17.7 Å². The van der Waals surface area contributed by atoms with Crippen LogP contribution in [-0.4, -0.2) is 59.7 Å². The smallest absolute Gasteiger partial charge is 0.218 e. The Morgan fingerprint density at radius 3 is 0.672 bits per heavy atom. The van der Waals surface area contributed by atoms with Gasteiger partial charge in [-0.15, -0.1) is 0 Å². The molecular weight excluding hydrogens is 849 g/mol. The van der Waals surface area contributed by atoms with Crippen LogP contribution in [0.25, 0.3) is 32.3 Å². The van der Waals surface area contributed by atoms with Crippen LogP contribution in [0.15, 0.2) is 36.4 Å². The van der Waals surface area contributed by atoms with Gasteiger partial charge in [0.2, 0.25) is 33.3 Å². The number of unbranched alkanes of at least 4 members (excludes halogenated alkanes) is 20. The average Bonchev–Trinajstić information content (AvgIpc) is 3.26. The zero-order chi connectivity index (χ0) is 46.6. The molecule has 362 valence electrons. The molecule has 4 nitrogen and oxygen atoms in total. The minimum absolute atomic E-state index is 0.845. The second-order valence-electron chi connectivity index (χ2n) is 21.5. The van der Waals surface area contributed by atoms with Gasteiger partial charge in [-0.3, -0.25) is 0 Å². The van der Waals surface area contributed by atoms with E-state index in [0.717, 1.165) is 52.1 Å². The third-order valence-electron chi connectivity index (χ3n) is 14.3. The minimum atomic E-state index is -2.35. The number of rotatable bonds is 36. The Morgan fingerprint density at radius 2 is 0.469 bits per heavy atom. The quantitative estimate of drug-likeness (QED) is 0.0259. The van der Waals surface area contributed by atoms with Gasteiger partial charge in [-0.05, 0) is 131 Å². The molecule has 0 radical (unpaired) electrons. The molecule has 8 heteroatoms. The largest absolute Gasteiger partial charge is 0.413 e. The summed E-state index contributed by atoms with van der Waals surface area (Å²) in [5.74, 6) is 0. The summed E-state index contributed by atoms with van der Waals surface area (Å²) in [5.41, 5.74) is 0. The van der Waals surface area contributed by atoms with Crippen molar-refractivity contribution in [1.82, 2.24) is 0 Å². The van der Waals surface area contributed by atoms with Gasteiger partial charge in [0.05, 0.1) is 0 Å². The summed E-state index contributed by atoms with van der Waals surface area (Å²) in [6, 6.07) is 15.1. The molecule has 0 saturated carbocycles. The molecule has 0 unspecified atom stereocenters. The first-order valence-corrected chi connectivity index (χ1v) is 38.7. The summed E-state index contributed by atoms with van der Waals surface area (Å²) < 4.78 is 28.6. The van der Waals surface area contributed by atoms with Crippen LogP contribution in [0.5, 0.6) is 0 Å². The fourth-order valence-corrected chi connectivity index (χ4v) is 19.1. The third kappa shape index (κ3) is 15.8. The summed E-state index contributed by atoms with van der Waals surface area (Å²) in [6.07, 6.45) is 30.7. The van der Waals surface area contributed by atoms with E-state index in [2.05, 4.69) is 116 Å². The molecule has 0 fully saturated rings. The second-order valence-corrected chi connectivity index (χ2v) is 36.9. The van der Waals surface area contributed by atoms with Crippen molar-refractivity contribution in [2.24, 2.45) is 0 Å². The topological polar surface area (TPSA) is 36.9 Å². The zero-order valence-corrected chi connectivity index (χ0v) is 47.9. The van der Waals surface area contributed by atoms with Crippen molar-refractivity contribution >= 4 is 86.3 Å². The molecule has 4 aromatic carbocycles. The maximum Gasteiger partial charge on any atom is 0.218 e. The molecule has 4 rings (SSSR count). The molecule has 4 aromatic rings. The van der Waals surface area contributed by atoms with E-state index in [1.807, 2.05) is 0 Å². The lowest BCUT2D eigenvalue weighted by Crippen LogP contribution is -2.53. The van der Waals surface area contributed by atoms with Crippen molar-refractivity contribution < 1.29 is 17.7 Å². The average molecular weight is 948 g/mol. The lowest BCUT2D eigenvalue weighted by molar-refractivity contribution is 0.301. The fraction of sp³-hybridized carbons (Fsp3) is 0.714. The van der Waals surface area contributed by atoms with Crippen LogP contribution in [-0.2, 0) is 17.7 Å². The van der Waals surface area contributed by atoms with E-state index in [1.54, 1.807) is 0 Å². The molecule has 0 aliphatic carbocycles. The van der Waals surface area contributed by atoms with E-state index >= 15 is 0 Å². The van der Waals surface area contributed by atoms with E-state index in [9.17, 15) is 0 Å². The van der Waals surface area contributed by atoms with Gasteiger partial charge >= 0.3 is 0 Å². The molecular formula is C56H98O4Si4. The van der Waals surface area contributed by atoms with Gasteiger partial charge in [-0.1, -0.05) is 193 Å². The van der Waals surface area contributed by atoms with Crippen LogP contribution in [0.2, 0.25) is 52.4 Å². The van der Waals surface area contributed by atoms with E-state index in [4.69, 9.17) is 17.7 Å². The van der Waals surface area contributed by atoms with Crippen LogP contribution in [0, 0.1) is 0 Å². The molecule has 0 atom stereocenters. The number of benzene rings is 4. The SMILES string of the molecule is CCCCCCCCO[Si](C)(C)c1cc([Si](C)(C)OCCCCCCCC)c2ccc3c([Si](C)(C)OCCCCCCCC)cc([Si](C)(C)OCCCCCCCC)c4ccc1c2c43. The maximum atomic E-state index is 7.14. The number of hydrogen-bond donors (Lipinski definition) is 0.